The molecule has 1 N–H and O–H groups in total. The molecule has 2 rings (SSSR count). The van der Waals surface area contributed by atoms with Crippen LogP contribution in [0.25, 0.3) is 0 Å². The van der Waals surface area contributed by atoms with Crippen LogP contribution in [-0.4, -0.2) is 5.91 Å². The molecule has 1 amide bonds. The molecular weight excluding hydrogens is 338 g/mol. The summed E-state index contributed by atoms with van der Waals surface area (Å²) in [5, 5.41) is 2.99. The summed E-state index contributed by atoms with van der Waals surface area (Å²) < 4.78 is 0.988. The SMILES string of the molecule is CC(NC(=O)c1cccc(CCl)c1)c1ccccc1Br. The zero-order valence-corrected chi connectivity index (χ0v) is 13.4. The van der Waals surface area contributed by atoms with Crippen molar-refractivity contribution in [1.82, 2.24) is 5.32 Å². The Morgan fingerprint density at radius 3 is 2.70 bits per heavy atom. The summed E-state index contributed by atoms with van der Waals surface area (Å²) in [5.41, 5.74) is 2.62. The number of carbonyl (C=O) groups is 1. The second kappa shape index (κ2) is 6.91. The molecule has 1 unspecified atom stereocenters. The van der Waals surface area contributed by atoms with E-state index in [1.807, 2.05) is 49.4 Å². The number of hydrogen-bond acceptors (Lipinski definition) is 1. The van der Waals surface area contributed by atoms with E-state index in [0.717, 1.165) is 15.6 Å². The topological polar surface area (TPSA) is 29.1 Å². The van der Waals surface area contributed by atoms with Gasteiger partial charge in [0.1, 0.15) is 0 Å². The first kappa shape index (κ1) is 15.1. The Morgan fingerprint density at radius 2 is 2.00 bits per heavy atom. The Kier molecular flexibility index (Phi) is 5.21. The maximum atomic E-state index is 12.2. The average molecular weight is 353 g/mol. The van der Waals surface area contributed by atoms with Crippen LogP contribution < -0.4 is 5.32 Å². The van der Waals surface area contributed by atoms with E-state index in [0.29, 0.717) is 11.4 Å². The molecule has 0 aliphatic carbocycles. The molecule has 104 valence electrons. The van der Waals surface area contributed by atoms with Crippen LogP contribution >= 0.6 is 27.5 Å². The third-order valence-corrected chi connectivity index (χ3v) is 4.09. The van der Waals surface area contributed by atoms with E-state index in [-0.39, 0.29) is 11.9 Å². The zero-order chi connectivity index (χ0) is 14.5. The van der Waals surface area contributed by atoms with Gasteiger partial charge in [-0.25, -0.2) is 0 Å². The molecule has 0 saturated heterocycles. The highest BCUT2D eigenvalue weighted by Crippen LogP contribution is 2.23. The van der Waals surface area contributed by atoms with Gasteiger partial charge in [-0.15, -0.1) is 11.6 Å². The van der Waals surface area contributed by atoms with Gasteiger partial charge in [-0.3, -0.25) is 4.79 Å². The fourth-order valence-electron chi connectivity index (χ4n) is 1.98. The maximum absolute atomic E-state index is 12.2. The molecular formula is C16H15BrClNO. The predicted octanol–water partition coefficient (Wildman–Crippen LogP) is 4.68. The highest BCUT2D eigenvalue weighted by molar-refractivity contribution is 9.10. The number of alkyl halides is 1. The van der Waals surface area contributed by atoms with Gasteiger partial charge < -0.3 is 5.32 Å². The van der Waals surface area contributed by atoms with Gasteiger partial charge in [0.15, 0.2) is 0 Å². The van der Waals surface area contributed by atoms with Crippen molar-refractivity contribution >= 4 is 33.4 Å². The summed E-state index contributed by atoms with van der Waals surface area (Å²) in [4.78, 5) is 12.2. The van der Waals surface area contributed by atoms with E-state index in [4.69, 9.17) is 11.6 Å². The number of carbonyl (C=O) groups excluding carboxylic acids is 1. The van der Waals surface area contributed by atoms with Crippen LogP contribution in [-0.2, 0) is 5.88 Å². The van der Waals surface area contributed by atoms with Crippen molar-refractivity contribution in [2.75, 3.05) is 0 Å². The van der Waals surface area contributed by atoms with E-state index < -0.39 is 0 Å². The summed E-state index contributed by atoms with van der Waals surface area (Å²) in [6.07, 6.45) is 0. The van der Waals surface area contributed by atoms with Crippen molar-refractivity contribution < 1.29 is 4.79 Å². The smallest absolute Gasteiger partial charge is 0.251 e. The van der Waals surface area contributed by atoms with Crippen LogP contribution in [0.4, 0.5) is 0 Å². The van der Waals surface area contributed by atoms with Crippen LogP contribution in [0.15, 0.2) is 53.0 Å². The first-order valence-corrected chi connectivity index (χ1v) is 7.64. The molecule has 0 aliphatic heterocycles. The number of halogens is 2. The molecule has 2 aromatic rings. The fourth-order valence-corrected chi connectivity index (χ4v) is 2.77. The molecule has 0 saturated carbocycles. The molecule has 1 atom stereocenters. The van der Waals surface area contributed by atoms with Crippen molar-refractivity contribution in [3.63, 3.8) is 0 Å². The Bertz CT molecular complexity index is 615. The molecule has 0 radical (unpaired) electrons. The van der Waals surface area contributed by atoms with Gasteiger partial charge in [0, 0.05) is 15.9 Å². The number of amides is 1. The molecule has 0 aliphatic rings. The van der Waals surface area contributed by atoms with E-state index in [9.17, 15) is 4.79 Å². The van der Waals surface area contributed by atoms with Crippen LogP contribution in [0.3, 0.4) is 0 Å². The summed E-state index contributed by atoms with van der Waals surface area (Å²) >= 11 is 9.29. The lowest BCUT2D eigenvalue weighted by Crippen LogP contribution is -2.26. The lowest BCUT2D eigenvalue weighted by molar-refractivity contribution is 0.0939. The lowest BCUT2D eigenvalue weighted by Gasteiger charge is -2.16. The van der Waals surface area contributed by atoms with Gasteiger partial charge in [0.2, 0.25) is 0 Å². The van der Waals surface area contributed by atoms with Crippen molar-refractivity contribution in [3.8, 4) is 0 Å². The molecule has 0 bridgehead atoms. The first-order valence-electron chi connectivity index (χ1n) is 6.32. The van der Waals surface area contributed by atoms with Crippen LogP contribution in [0.5, 0.6) is 0 Å². The van der Waals surface area contributed by atoms with Crippen molar-refractivity contribution in [2.45, 2.75) is 18.8 Å². The minimum atomic E-state index is -0.0970. The van der Waals surface area contributed by atoms with E-state index >= 15 is 0 Å². The lowest BCUT2D eigenvalue weighted by atomic mass is 10.1. The van der Waals surface area contributed by atoms with E-state index in [1.54, 1.807) is 6.07 Å². The van der Waals surface area contributed by atoms with Crippen molar-refractivity contribution in [2.24, 2.45) is 0 Å². The second-order valence-corrected chi connectivity index (χ2v) is 5.67. The molecule has 0 fully saturated rings. The molecule has 2 aromatic carbocycles. The number of hydrogen-bond donors (Lipinski definition) is 1. The first-order chi connectivity index (χ1) is 9.61. The standard InChI is InChI=1S/C16H15BrClNO/c1-11(14-7-2-3-8-15(14)17)19-16(20)13-6-4-5-12(9-13)10-18/h2-9,11H,10H2,1H3,(H,19,20). The molecule has 0 heterocycles. The van der Waals surface area contributed by atoms with Gasteiger partial charge in [0.25, 0.3) is 5.91 Å². The van der Waals surface area contributed by atoms with Gasteiger partial charge in [-0.05, 0) is 36.2 Å². The Balaban J connectivity index is 2.13. The zero-order valence-electron chi connectivity index (χ0n) is 11.1. The largest absolute Gasteiger partial charge is 0.345 e. The van der Waals surface area contributed by atoms with E-state index in [2.05, 4.69) is 21.2 Å². The Hall–Kier alpha value is -1.32. The minimum absolute atomic E-state index is 0.0715. The van der Waals surface area contributed by atoms with Crippen LogP contribution in [0, 0.1) is 0 Å². The Labute approximate surface area is 132 Å². The highest BCUT2D eigenvalue weighted by atomic mass is 79.9. The quantitative estimate of drug-likeness (QED) is 0.795. The summed E-state index contributed by atoms with van der Waals surface area (Å²) in [6, 6.07) is 15.1. The monoisotopic (exact) mass is 351 g/mol. The number of nitrogens with one attached hydrogen (secondary N) is 1. The number of benzene rings is 2. The Morgan fingerprint density at radius 1 is 1.25 bits per heavy atom. The fraction of sp³-hybridized carbons (Fsp3) is 0.188. The third-order valence-electron chi connectivity index (χ3n) is 3.06. The molecule has 0 aromatic heterocycles. The molecule has 2 nitrogen and oxygen atoms in total. The minimum Gasteiger partial charge on any atom is -0.345 e. The molecule has 20 heavy (non-hydrogen) atoms. The maximum Gasteiger partial charge on any atom is 0.251 e. The normalized spacial score (nSPS) is 11.9. The third kappa shape index (κ3) is 3.62. The van der Waals surface area contributed by atoms with Crippen molar-refractivity contribution in [3.05, 3.63) is 69.7 Å². The van der Waals surface area contributed by atoms with Crippen LogP contribution in [0.1, 0.15) is 34.5 Å². The van der Waals surface area contributed by atoms with Gasteiger partial charge in [-0.2, -0.15) is 0 Å². The summed E-state index contributed by atoms with van der Waals surface area (Å²) in [6.45, 7) is 1.96. The second-order valence-electron chi connectivity index (χ2n) is 4.55. The summed E-state index contributed by atoms with van der Waals surface area (Å²) in [7, 11) is 0. The highest BCUT2D eigenvalue weighted by Gasteiger charge is 2.13. The van der Waals surface area contributed by atoms with Crippen molar-refractivity contribution in [1.29, 1.82) is 0 Å². The van der Waals surface area contributed by atoms with Gasteiger partial charge in [0.05, 0.1) is 6.04 Å². The van der Waals surface area contributed by atoms with E-state index in [1.165, 1.54) is 0 Å². The van der Waals surface area contributed by atoms with Gasteiger partial charge in [-0.1, -0.05) is 46.3 Å². The van der Waals surface area contributed by atoms with Gasteiger partial charge >= 0.3 is 0 Å². The van der Waals surface area contributed by atoms with Crippen LogP contribution in [0.2, 0.25) is 0 Å². The predicted molar refractivity (Wildman–Crippen MR) is 86.0 cm³/mol. The average Bonchev–Trinajstić information content (AvgIpc) is 2.47. The molecule has 4 heteroatoms. The number of rotatable bonds is 4. The summed E-state index contributed by atoms with van der Waals surface area (Å²) in [5.74, 6) is 0.307. The molecule has 0 spiro atoms.